The molecule has 6 rings (SSSR count). The standard InChI is InChI=1S/C27H26ClN3O3S2/c1-16-12-31(15-29-16)26-24-23(33-27(2,3)34-24)22(32-26)17-6-10-21(11-7-17)35-13-20-14-36-25(30-20)18-4-8-19(28)9-5-18/h4-12,14-15,22-24,26H,13H2,1-3H3/t22-,23-,24-,26+/m0/s1. The van der Waals surface area contributed by atoms with Crippen molar-refractivity contribution in [2.24, 2.45) is 0 Å². The molecule has 2 aromatic heterocycles. The van der Waals surface area contributed by atoms with Crippen LogP contribution in [-0.4, -0.2) is 32.5 Å². The Balaban J connectivity index is 1.14. The molecule has 0 radical (unpaired) electrons. The maximum atomic E-state index is 6.48. The van der Waals surface area contributed by atoms with Crippen molar-refractivity contribution < 1.29 is 14.2 Å². The SMILES string of the molecule is Cc1cn([C@@H]2O[C@@H](c3ccc(SCc4csc(-c5ccc(Cl)cc5)n4)cc3)[C@@H]3OC(C)(C)O[C@@H]32)cn1. The van der Waals surface area contributed by atoms with Crippen LogP contribution in [0.15, 0.2) is 71.3 Å². The highest BCUT2D eigenvalue weighted by Crippen LogP contribution is 2.49. The van der Waals surface area contributed by atoms with Gasteiger partial charge in [0.25, 0.3) is 0 Å². The molecule has 0 aliphatic carbocycles. The monoisotopic (exact) mass is 539 g/mol. The molecule has 0 unspecified atom stereocenters. The van der Waals surface area contributed by atoms with Gasteiger partial charge in [-0.2, -0.15) is 0 Å². The van der Waals surface area contributed by atoms with Crippen LogP contribution in [0.1, 0.15) is 43.1 Å². The highest BCUT2D eigenvalue weighted by Gasteiger charge is 2.56. The van der Waals surface area contributed by atoms with E-state index in [1.54, 1.807) is 29.4 Å². The summed E-state index contributed by atoms with van der Waals surface area (Å²) in [5.41, 5.74) is 4.18. The molecule has 2 aliphatic heterocycles. The molecule has 0 spiro atoms. The maximum Gasteiger partial charge on any atom is 0.164 e. The van der Waals surface area contributed by atoms with Crippen molar-refractivity contribution in [2.45, 2.75) is 61.7 Å². The maximum absolute atomic E-state index is 6.48. The number of thiazole rings is 1. The summed E-state index contributed by atoms with van der Waals surface area (Å²) in [5.74, 6) is 0.153. The Hall–Kier alpha value is -2.20. The second-order valence-electron chi connectivity index (χ2n) is 9.48. The average Bonchev–Trinajstić information content (AvgIpc) is 3.63. The van der Waals surface area contributed by atoms with Gasteiger partial charge in [-0.15, -0.1) is 23.1 Å². The van der Waals surface area contributed by atoms with Gasteiger partial charge >= 0.3 is 0 Å². The van der Waals surface area contributed by atoms with E-state index in [9.17, 15) is 0 Å². The van der Waals surface area contributed by atoms with E-state index in [0.717, 1.165) is 38.3 Å². The van der Waals surface area contributed by atoms with Gasteiger partial charge in [0.1, 0.15) is 23.3 Å². The summed E-state index contributed by atoms with van der Waals surface area (Å²) < 4.78 is 21.0. The molecule has 36 heavy (non-hydrogen) atoms. The first kappa shape index (κ1) is 24.2. The van der Waals surface area contributed by atoms with Crippen molar-refractivity contribution in [1.29, 1.82) is 0 Å². The summed E-state index contributed by atoms with van der Waals surface area (Å²) in [5, 5.41) is 3.86. The lowest BCUT2D eigenvalue weighted by Crippen LogP contribution is -2.27. The molecule has 2 aromatic carbocycles. The number of nitrogens with zero attached hydrogens (tertiary/aromatic N) is 3. The van der Waals surface area contributed by atoms with Crippen molar-refractivity contribution in [1.82, 2.24) is 14.5 Å². The van der Waals surface area contributed by atoms with Gasteiger partial charge in [-0.05, 0) is 50.6 Å². The quantitative estimate of drug-likeness (QED) is 0.245. The second kappa shape index (κ2) is 9.59. The number of rotatable bonds is 6. The fourth-order valence-corrected chi connectivity index (χ4v) is 6.52. The van der Waals surface area contributed by atoms with E-state index in [0.29, 0.717) is 0 Å². The van der Waals surface area contributed by atoms with Crippen LogP contribution in [0.5, 0.6) is 0 Å². The van der Waals surface area contributed by atoms with Crippen LogP contribution in [0.25, 0.3) is 10.6 Å². The number of hydrogen-bond acceptors (Lipinski definition) is 7. The molecule has 2 saturated heterocycles. The number of ether oxygens (including phenoxy) is 3. The van der Waals surface area contributed by atoms with E-state index in [1.165, 1.54) is 4.90 Å². The lowest BCUT2D eigenvalue weighted by Gasteiger charge is -2.24. The highest BCUT2D eigenvalue weighted by atomic mass is 35.5. The zero-order valence-corrected chi connectivity index (χ0v) is 22.5. The van der Waals surface area contributed by atoms with E-state index in [-0.39, 0.29) is 24.5 Å². The Labute approximate surface area is 223 Å². The van der Waals surface area contributed by atoms with Gasteiger partial charge < -0.3 is 18.8 Å². The number of imidazole rings is 1. The van der Waals surface area contributed by atoms with Gasteiger partial charge in [0, 0.05) is 32.8 Å². The fourth-order valence-electron chi connectivity index (χ4n) is 4.67. The number of hydrogen-bond donors (Lipinski definition) is 0. The predicted molar refractivity (Wildman–Crippen MR) is 142 cm³/mol. The minimum atomic E-state index is -0.653. The smallest absolute Gasteiger partial charge is 0.164 e. The zero-order chi connectivity index (χ0) is 24.9. The number of aromatic nitrogens is 3. The van der Waals surface area contributed by atoms with Gasteiger partial charge in [-0.3, -0.25) is 0 Å². The second-order valence-corrected chi connectivity index (χ2v) is 11.8. The summed E-state index contributed by atoms with van der Waals surface area (Å²) in [7, 11) is 0. The van der Waals surface area contributed by atoms with E-state index < -0.39 is 5.79 Å². The molecule has 0 saturated carbocycles. The summed E-state index contributed by atoms with van der Waals surface area (Å²) in [4.78, 5) is 10.3. The Kier molecular flexibility index (Phi) is 6.44. The lowest BCUT2D eigenvalue weighted by atomic mass is 10.0. The Morgan fingerprint density at radius 2 is 1.81 bits per heavy atom. The summed E-state index contributed by atoms with van der Waals surface area (Å²) in [6.07, 6.45) is 2.89. The van der Waals surface area contributed by atoms with Crippen LogP contribution in [0.2, 0.25) is 5.02 Å². The first-order chi connectivity index (χ1) is 17.3. The molecule has 186 valence electrons. The van der Waals surface area contributed by atoms with Gasteiger partial charge in [-0.25, -0.2) is 9.97 Å². The van der Waals surface area contributed by atoms with Crippen LogP contribution in [0, 0.1) is 6.92 Å². The molecule has 0 bridgehead atoms. The molecule has 4 atom stereocenters. The summed E-state index contributed by atoms with van der Waals surface area (Å²) >= 11 is 9.43. The fraction of sp³-hybridized carbons (Fsp3) is 0.333. The number of aryl methyl sites for hydroxylation is 1. The molecule has 9 heteroatoms. The Morgan fingerprint density at radius 3 is 2.53 bits per heavy atom. The molecule has 0 N–H and O–H groups in total. The topological polar surface area (TPSA) is 58.4 Å². The summed E-state index contributed by atoms with van der Waals surface area (Å²) in [6.45, 7) is 5.88. The first-order valence-corrected chi connectivity index (χ1v) is 14.0. The first-order valence-electron chi connectivity index (χ1n) is 11.8. The minimum absolute atomic E-state index is 0.187. The van der Waals surface area contributed by atoms with Crippen LogP contribution in [0.4, 0.5) is 0 Å². The van der Waals surface area contributed by atoms with Gasteiger partial charge in [0.2, 0.25) is 0 Å². The Bertz CT molecular complexity index is 1350. The molecule has 2 aliphatic rings. The van der Waals surface area contributed by atoms with Gasteiger partial charge in [-0.1, -0.05) is 35.9 Å². The predicted octanol–water partition coefficient (Wildman–Crippen LogP) is 7.05. The van der Waals surface area contributed by atoms with E-state index in [2.05, 4.69) is 34.6 Å². The molecule has 4 heterocycles. The number of benzene rings is 2. The van der Waals surface area contributed by atoms with Crippen molar-refractivity contribution in [3.8, 4) is 10.6 Å². The number of halogens is 1. The van der Waals surface area contributed by atoms with Gasteiger partial charge in [0.15, 0.2) is 12.0 Å². The zero-order valence-electron chi connectivity index (χ0n) is 20.1. The third kappa shape index (κ3) is 4.86. The van der Waals surface area contributed by atoms with Crippen LogP contribution in [0.3, 0.4) is 0 Å². The summed E-state index contributed by atoms with van der Waals surface area (Å²) in [6, 6.07) is 16.3. The molecule has 0 amide bonds. The normalized spacial score (nSPS) is 24.8. The third-order valence-electron chi connectivity index (χ3n) is 6.29. The molecule has 6 nitrogen and oxygen atoms in total. The molecular formula is C27H26ClN3O3S2. The Morgan fingerprint density at radius 1 is 1.06 bits per heavy atom. The average molecular weight is 540 g/mol. The third-order valence-corrected chi connectivity index (χ3v) is 8.53. The lowest BCUT2D eigenvalue weighted by molar-refractivity contribution is -0.197. The van der Waals surface area contributed by atoms with Crippen molar-refractivity contribution in [3.05, 3.63) is 88.4 Å². The largest absolute Gasteiger partial charge is 0.344 e. The number of thioether (sulfide) groups is 1. The van der Waals surface area contributed by atoms with Gasteiger partial charge in [0.05, 0.1) is 17.7 Å². The molecule has 2 fully saturated rings. The number of fused-ring (bicyclic) bond motifs is 1. The highest BCUT2D eigenvalue weighted by molar-refractivity contribution is 7.98. The van der Waals surface area contributed by atoms with Crippen LogP contribution < -0.4 is 0 Å². The van der Waals surface area contributed by atoms with Crippen LogP contribution in [-0.2, 0) is 20.0 Å². The van der Waals surface area contributed by atoms with Crippen molar-refractivity contribution in [3.63, 3.8) is 0 Å². The molecule has 4 aromatic rings. The van der Waals surface area contributed by atoms with E-state index >= 15 is 0 Å². The van der Waals surface area contributed by atoms with Crippen molar-refractivity contribution >= 4 is 34.7 Å². The van der Waals surface area contributed by atoms with E-state index in [4.69, 9.17) is 30.8 Å². The molecular weight excluding hydrogens is 514 g/mol. The van der Waals surface area contributed by atoms with Crippen LogP contribution >= 0.6 is 34.7 Å². The van der Waals surface area contributed by atoms with E-state index in [1.807, 2.05) is 55.8 Å². The van der Waals surface area contributed by atoms with Crippen molar-refractivity contribution in [2.75, 3.05) is 0 Å². The minimum Gasteiger partial charge on any atom is -0.344 e.